The standard InChI is InChI=1S/C22H37N3O5S/c1-5-7-17(6-2)31-25-12-9-16(10-13-25)14-24-20(29)18(27)8-11-23-21(30)19(28)22(3,4)15-26/h5-7,16,19,26,28H,8-15H2,1-4H3,(H,23,30)(H,24,29)/b7-5-,17-6+. The monoisotopic (exact) mass is 455 g/mol. The molecule has 0 aromatic rings. The van der Waals surface area contributed by atoms with Crippen LogP contribution in [0.5, 0.6) is 0 Å². The zero-order valence-corrected chi connectivity index (χ0v) is 19.8. The number of amides is 2. The smallest absolute Gasteiger partial charge is 0.287 e. The van der Waals surface area contributed by atoms with Gasteiger partial charge in [-0.25, -0.2) is 4.31 Å². The first-order valence-electron chi connectivity index (χ1n) is 10.7. The van der Waals surface area contributed by atoms with E-state index in [-0.39, 0.29) is 19.6 Å². The molecule has 1 aliphatic rings. The summed E-state index contributed by atoms with van der Waals surface area (Å²) in [4.78, 5) is 37.1. The van der Waals surface area contributed by atoms with Crippen molar-refractivity contribution in [2.75, 3.05) is 32.8 Å². The number of nitrogens with zero attached hydrogens (tertiary/aromatic N) is 1. The molecular weight excluding hydrogens is 418 g/mol. The maximum atomic E-state index is 12.0. The van der Waals surface area contributed by atoms with E-state index in [1.807, 2.05) is 19.9 Å². The van der Waals surface area contributed by atoms with Gasteiger partial charge in [-0.1, -0.05) is 32.1 Å². The molecule has 2 amide bonds. The van der Waals surface area contributed by atoms with Crippen molar-refractivity contribution < 1.29 is 24.6 Å². The van der Waals surface area contributed by atoms with Gasteiger partial charge in [0.2, 0.25) is 11.7 Å². The Morgan fingerprint density at radius 3 is 2.39 bits per heavy atom. The van der Waals surface area contributed by atoms with Crippen LogP contribution in [-0.2, 0) is 14.4 Å². The van der Waals surface area contributed by atoms with Crippen LogP contribution < -0.4 is 10.6 Å². The number of Topliss-reactive ketones (excluding diaryl/α,β-unsaturated/α-hetero) is 1. The third-order valence-electron chi connectivity index (χ3n) is 5.28. The van der Waals surface area contributed by atoms with Gasteiger partial charge in [-0.05, 0) is 44.6 Å². The molecule has 1 heterocycles. The fourth-order valence-electron chi connectivity index (χ4n) is 2.98. The quantitative estimate of drug-likeness (QED) is 0.199. The summed E-state index contributed by atoms with van der Waals surface area (Å²) < 4.78 is 2.31. The number of nitrogens with one attached hydrogen (secondary N) is 2. The molecule has 1 fully saturated rings. The van der Waals surface area contributed by atoms with Gasteiger partial charge >= 0.3 is 0 Å². The summed E-state index contributed by atoms with van der Waals surface area (Å²) in [6.07, 6.45) is 6.54. The van der Waals surface area contributed by atoms with Gasteiger partial charge in [-0.15, -0.1) is 0 Å². The molecule has 176 valence electrons. The van der Waals surface area contributed by atoms with Crippen molar-refractivity contribution in [3.8, 4) is 0 Å². The molecule has 1 saturated heterocycles. The highest BCUT2D eigenvalue weighted by atomic mass is 32.2. The van der Waals surface area contributed by atoms with Gasteiger partial charge in [0.1, 0.15) is 6.10 Å². The molecular formula is C22H37N3O5S. The van der Waals surface area contributed by atoms with Crippen molar-refractivity contribution in [1.29, 1.82) is 0 Å². The number of carbonyl (C=O) groups is 3. The van der Waals surface area contributed by atoms with E-state index in [0.717, 1.165) is 25.9 Å². The SMILES string of the molecule is C/C=C\C(=C/C)SN1CCC(CNC(=O)C(=O)CCNC(=O)C(O)C(C)(C)CO)CC1. The average Bonchev–Trinajstić information content (AvgIpc) is 2.77. The van der Waals surface area contributed by atoms with Gasteiger partial charge in [-0.3, -0.25) is 14.4 Å². The average molecular weight is 456 g/mol. The van der Waals surface area contributed by atoms with Gasteiger partial charge in [0, 0.05) is 42.9 Å². The second-order valence-electron chi connectivity index (χ2n) is 8.38. The highest BCUT2D eigenvalue weighted by Gasteiger charge is 2.32. The number of aliphatic hydroxyl groups excluding tert-OH is 2. The number of hydrogen-bond acceptors (Lipinski definition) is 7. The van der Waals surface area contributed by atoms with E-state index in [0.29, 0.717) is 12.5 Å². The van der Waals surface area contributed by atoms with Crippen LogP contribution in [0.4, 0.5) is 0 Å². The van der Waals surface area contributed by atoms with Crippen LogP contribution in [0.2, 0.25) is 0 Å². The molecule has 1 unspecified atom stereocenters. The first kappa shape index (κ1) is 27.4. The molecule has 8 nitrogen and oxygen atoms in total. The summed E-state index contributed by atoms with van der Waals surface area (Å²) >= 11 is 1.74. The Morgan fingerprint density at radius 2 is 1.84 bits per heavy atom. The number of allylic oxidation sites excluding steroid dienone is 3. The third-order valence-corrected chi connectivity index (χ3v) is 6.48. The molecule has 0 aromatic carbocycles. The van der Waals surface area contributed by atoms with Crippen LogP contribution in [0.15, 0.2) is 23.1 Å². The molecule has 0 bridgehead atoms. The number of ketones is 1. The molecule has 4 N–H and O–H groups in total. The zero-order valence-electron chi connectivity index (χ0n) is 19.0. The highest BCUT2D eigenvalue weighted by molar-refractivity contribution is 8.01. The van der Waals surface area contributed by atoms with E-state index in [1.54, 1.807) is 25.8 Å². The van der Waals surface area contributed by atoms with Crippen molar-refractivity contribution in [1.82, 2.24) is 14.9 Å². The minimum absolute atomic E-state index is 0.0429. The number of hydrogen-bond donors (Lipinski definition) is 4. The number of piperidine rings is 1. The van der Waals surface area contributed by atoms with Crippen LogP contribution in [0.25, 0.3) is 0 Å². The Morgan fingerprint density at radius 1 is 1.19 bits per heavy atom. The molecule has 0 aliphatic carbocycles. The molecule has 0 aromatic heterocycles. The van der Waals surface area contributed by atoms with E-state index in [4.69, 9.17) is 0 Å². The predicted molar refractivity (Wildman–Crippen MR) is 123 cm³/mol. The minimum atomic E-state index is -1.40. The van der Waals surface area contributed by atoms with Gasteiger partial charge in [-0.2, -0.15) is 0 Å². The van der Waals surface area contributed by atoms with Crippen molar-refractivity contribution in [3.05, 3.63) is 23.1 Å². The van der Waals surface area contributed by atoms with Gasteiger partial charge < -0.3 is 20.8 Å². The van der Waals surface area contributed by atoms with Crippen LogP contribution in [0.1, 0.15) is 47.0 Å². The van der Waals surface area contributed by atoms with E-state index in [1.165, 1.54) is 4.91 Å². The maximum Gasteiger partial charge on any atom is 0.287 e. The van der Waals surface area contributed by atoms with E-state index >= 15 is 0 Å². The Bertz CT molecular complexity index is 670. The fraction of sp³-hybridized carbons (Fsp3) is 0.682. The summed E-state index contributed by atoms with van der Waals surface area (Å²) in [5.74, 6) is -1.59. The molecule has 0 spiro atoms. The van der Waals surface area contributed by atoms with E-state index in [9.17, 15) is 24.6 Å². The largest absolute Gasteiger partial charge is 0.396 e. The zero-order chi connectivity index (χ0) is 23.4. The molecule has 31 heavy (non-hydrogen) atoms. The summed E-state index contributed by atoms with van der Waals surface area (Å²) in [7, 11) is 0. The fourth-order valence-corrected chi connectivity index (χ4v) is 3.98. The van der Waals surface area contributed by atoms with Crippen molar-refractivity contribution in [2.24, 2.45) is 11.3 Å². The van der Waals surface area contributed by atoms with Crippen LogP contribution in [0, 0.1) is 11.3 Å². The van der Waals surface area contributed by atoms with Crippen molar-refractivity contribution >= 4 is 29.5 Å². The van der Waals surface area contributed by atoms with Crippen LogP contribution in [-0.4, -0.2) is 71.0 Å². The van der Waals surface area contributed by atoms with Crippen LogP contribution >= 0.6 is 11.9 Å². The molecule has 0 saturated carbocycles. The third kappa shape index (κ3) is 9.55. The highest BCUT2D eigenvalue weighted by Crippen LogP contribution is 2.28. The Balaban J connectivity index is 2.28. The number of aliphatic hydroxyl groups is 2. The van der Waals surface area contributed by atoms with Gasteiger partial charge in [0.25, 0.3) is 5.91 Å². The van der Waals surface area contributed by atoms with E-state index in [2.05, 4.69) is 27.1 Å². The molecule has 1 aliphatic heterocycles. The Labute approximate surface area is 189 Å². The second-order valence-corrected chi connectivity index (χ2v) is 9.55. The predicted octanol–water partition coefficient (Wildman–Crippen LogP) is 1.40. The Kier molecular flexibility index (Phi) is 12.1. The topological polar surface area (TPSA) is 119 Å². The molecule has 1 atom stereocenters. The molecule has 1 rings (SSSR count). The number of carbonyl (C=O) groups excluding carboxylic acids is 3. The maximum absolute atomic E-state index is 12.0. The lowest BCUT2D eigenvalue weighted by molar-refractivity contribution is -0.139. The Hall–Kier alpha value is -1.68. The summed E-state index contributed by atoms with van der Waals surface area (Å²) in [5.41, 5.74) is -0.985. The summed E-state index contributed by atoms with van der Waals surface area (Å²) in [6, 6.07) is 0. The first-order valence-corrected chi connectivity index (χ1v) is 11.5. The van der Waals surface area contributed by atoms with Crippen molar-refractivity contribution in [3.63, 3.8) is 0 Å². The lowest BCUT2D eigenvalue weighted by Gasteiger charge is -2.31. The van der Waals surface area contributed by atoms with Gasteiger partial charge in [0.05, 0.1) is 6.61 Å². The summed E-state index contributed by atoms with van der Waals surface area (Å²) in [6.45, 7) is 9.04. The normalized spacial score (nSPS) is 17.5. The van der Waals surface area contributed by atoms with Crippen LogP contribution in [0.3, 0.4) is 0 Å². The van der Waals surface area contributed by atoms with Crippen molar-refractivity contribution in [2.45, 2.75) is 53.1 Å². The lowest BCUT2D eigenvalue weighted by Crippen LogP contribution is -2.46. The number of rotatable bonds is 12. The molecule has 0 radical (unpaired) electrons. The van der Waals surface area contributed by atoms with E-state index < -0.39 is 29.1 Å². The van der Waals surface area contributed by atoms with Gasteiger partial charge in [0.15, 0.2) is 0 Å². The minimum Gasteiger partial charge on any atom is -0.396 e. The summed E-state index contributed by atoms with van der Waals surface area (Å²) in [5, 5.41) is 24.2. The molecule has 9 heteroatoms. The second kappa shape index (κ2) is 13.7. The first-order chi connectivity index (χ1) is 14.6. The lowest BCUT2D eigenvalue weighted by atomic mass is 9.87.